The van der Waals surface area contributed by atoms with E-state index >= 15 is 0 Å². The molecule has 0 N–H and O–H groups in total. The number of imidazole rings is 1. The van der Waals surface area contributed by atoms with Gasteiger partial charge in [-0.25, -0.2) is 24.1 Å². The molecule has 1 fully saturated rings. The number of likely N-dealkylation sites (tertiary alicyclic amines) is 1. The van der Waals surface area contributed by atoms with Gasteiger partial charge in [-0.3, -0.25) is 0 Å². The van der Waals surface area contributed by atoms with Gasteiger partial charge in [-0.2, -0.15) is 0 Å². The minimum atomic E-state index is -0.516. The zero-order chi connectivity index (χ0) is 23.6. The number of aromatic nitrogens is 4. The maximum absolute atomic E-state index is 13.5. The first-order valence-electron chi connectivity index (χ1n) is 10.9. The van der Waals surface area contributed by atoms with Gasteiger partial charge in [0.1, 0.15) is 11.4 Å². The molecule has 174 valence electrons. The summed E-state index contributed by atoms with van der Waals surface area (Å²) in [4.78, 5) is 27.9. The summed E-state index contributed by atoms with van der Waals surface area (Å²) < 4.78 is 21.2. The lowest BCUT2D eigenvalue weighted by Crippen LogP contribution is -2.42. The van der Waals surface area contributed by atoms with Gasteiger partial charge in [0.25, 0.3) is 0 Å². The van der Waals surface area contributed by atoms with Crippen LogP contribution in [-0.2, 0) is 4.74 Å². The highest BCUT2D eigenvalue weighted by atomic mass is 32.2. The van der Waals surface area contributed by atoms with Gasteiger partial charge in [0, 0.05) is 30.9 Å². The molecule has 4 rings (SSSR count). The Kier molecular flexibility index (Phi) is 6.69. The number of halogens is 1. The van der Waals surface area contributed by atoms with E-state index in [4.69, 9.17) is 14.7 Å². The highest BCUT2D eigenvalue weighted by Crippen LogP contribution is 2.35. The van der Waals surface area contributed by atoms with Crippen LogP contribution in [0.2, 0.25) is 0 Å². The third kappa shape index (κ3) is 5.35. The van der Waals surface area contributed by atoms with Crippen molar-refractivity contribution in [1.82, 2.24) is 24.4 Å². The van der Waals surface area contributed by atoms with Crippen molar-refractivity contribution in [2.75, 3.05) is 19.3 Å². The summed E-state index contributed by atoms with van der Waals surface area (Å²) in [5.74, 6) is -0.291. The molecule has 0 saturated carbocycles. The largest absolute Gasteiger partial charge is 0.444 e. The number of rotatable bonds is 4. The van der Waals surface area contributed by atoms with Crippen LogP contribution in [0.4, 0.5) is 9.18 Å². The molecule has 1 aromatic carbocycles. The van der Waals surface area contributed by atoms with Crippen LogP contribution in [-0.4, -0.2) is 55.5 Å². The Morgan fingerprint density at radius 2 is 1.82 bits per heavy atom. The minimum absolute atomic E-state index is 0.146. The third-order valence-electron chi connectivity index (χ3n) is 5.48. The molecule has 1 aliphatic rings. The number of carbonyl (C=O) groups is 1. The van der Waals surface area contributed by atoms with Gasteiger partial charge >= 0.3 is 6.09 Å². The fourth-order valence-corrected chi connectivity index (χ4v) is 4.29. The van der Waals surface area contributed by atoms with Crippen LogP contribution >= 0.6 is 11.8 Å². The zero-order valence-electron chi connectivity index (χ0n) is 19.3. The number of benzene rings is 1. The first kappa shape index (κ1) is 23.2. The van der Waals surface area contributed by atoms with E-state index in [0.29, 0.717) is 18.2 Å². The smallest absolute Gasteiger partial charge is 0.410 e. The van der Waals surface area contributed by atoms with Gasteiger partial charge in [-0.15, -0.1) is 0 Å². The number of ether oxygens (including phenoxy) is 1. The van der Waals surface area contributed by atoms with Crippen molar-refractivity contribution in [2.24, 2.45) is 0 Å². The second-order valence-corrected chi connectivity index (χ2v) is 9.76. The Hall–Kier alpha value is -2.94. The second kappa shape index (κ2) is 9.51. The summed E-state index contributed by atoms with van der Waals surface area (Å²) in [6, 6.07) is 8.35. The maximum Gasteiger partial charge on any atom is 0.410 e. The molecule has 9 heteroatoms. The van der Waals surface area contributed by atoms with Crippen LogP contribution in [0.15, 0.2) is 48.0 Å². The molecular weight excluding hydrogens is 441 g/mol. The van der Waals surface area contributed by atoms with E-state index in [1.54, 1.807) is 23.2 Å². The normalized spacial score (nSPS) is 15.0. The van der Waals surface area contributed by atoms with Crippen LogP contribution in [0.1, 0.15) is 39.7 Å². The molecule has 33 heavy (non-hydrogen) atoms. The highest BCUT2D eigenvalue weighted by Gasteiger charge is 2.29. The number of hydrogen-bond donors (Lipinski definition) is 0. The number of carbonyl (C=O) groups excluding carboxylic acids is 1. The van der Waals surface area contributed by atoms with Crippen LogP contribution in [0.3, 0.4) is 0 Å². The Labute approximate surface area is 197 Å². The van der Waals surface area contributed by atoms with Gasteiger partial charge in [0.2, 0.25) is 0 Å². The number of hydrogen-bond acceptors (Lipinski definition) is 6. The van der Waals surface area contributed by atoms with E-state index in [-0.39, 0.29) is 18.0 Å². The standard InChI is InChI=1S/C24H28FN5O2S/c1-24(2,3)32-23(31)29-13-10-18(11-14-29)30-15-27-20(16-5-7-17(25)8-6-16)21(30)19-9-12-26-22(28-19)33-4/h5-9,12,15,18H,10-11,13-14H2,1-4H3. The third-order valence-corrected chi connectivity index (χ3v) is 6.04. The van der Waals surface area contributed by atoms with E-state index in [0.717, 1.165) is 35.5 Å². The fourth-order valence-electron chi connectivity index (χ4n) is 3.93. The molecule has 0 aliphatic carbocycles. The summed E-state index contributed by atoms with van der Waals surface area (Å²) >= 11 is 1.47. The molecule has 0 atom stereocenters. The fraction of sp³-hybridized carbons (Fsp3) is 0.417. The lowest BCUT2D eigenvalue weighted by Gasteiger charge is -2.34. The van der Waals surface area contributed by atoms with Crippen molar-refractivity contribution in [1.29, 1.82) is 0 Å². The lowest BCUT2D eigenvalue weighted by atomic mass is 10.0. The molecular formula is C24H28FN5O2S. The monoisotopic (exact) mass is 469 g/mol. The van der Waals surface area contributed by atoms with Gasteiger partial charge in [-0.05, 0) is 70.2 Å². The van der Waals surface area contributed by atoms with E-state index in [1.807, 2.05) is 39.4 Å². The van der Waals surface area contributed by atoms with Gasteiger partial charge in [0.05, 0.1) is 23.4 Å². The number of amides is 1. The molecule has 1 amide bonds. The van der Waals surface area contributed by atoms with Gasteiger partial charge in [0.15, 0.2) is 5.16 Å². The van der Waals surface area contributed by atoms with Crippen molar-refractivity contribution in [2.45, 2.75) is 50.4 Å². The molecule has 0 spiro atoms. The number of thioether (sulfide) groups is 1. The second-order valence-electron chi connectivity index (χ2n) is 8.98. The van der Waals surface area contributed by atoms with Crippen molar-refractivity contribution in [3.63, 3.8) is 0 Å². The summed E-state index contributed by atoms with van der Waals surface area (Å²) in [7, 11) is 0. The quantitative estimate of drug-likeness (QED) is 0.374. The van der Waals surface area contributed by atoms with Crippen LogP contribution in [0.5, 0.6) is 0 Å². The van der Waals surface area contributed by atoms with E-state index in [1.165, 1.54) is 23.9 Å². The summed E-state index contributed by atoms with van der Waals surface area (Å²) in [5.41, 5.74) is 2.68. The number of nitrogens with zero attached hydrogens (tertiary/aromatic N) is 5. The first-order chi connectivity index (χ1) is 15.7. The van der Waals surface area contributed by atoms with E-state index in [9.17, 15) is 9.18 Å². The summed E-state index contributed by atoms with van der Waals surface area (Å²) in [6.45, 7) is 6.82. The van der Waals surface area contributed by atoms with Crippen molar-refractivity contribution in [3.05, 3.63) is 48.7 Å². The van der Waals surface area contributed by atoms with Crippen LogP contribution in [0, 0.1) is 5.82 Å². The van der Waals surface area contributed by atoms with E-state index in [2.05, 4.69) is 9.55 Å². The molecule has 1 aliphatic heterocycles. The Balaban J connectivity index is 1.65. The van der Waals surface area contributed by atoms with Crippen molar-refractivity contribution < 1.29 is 13.9 Å². The highest BCUT2D eigenvalue weighted by molar-refractivity contribution is 7.98. The first-order valence-corrected chi connectivity index (χ1v) is 12.2. The van der Waals surface area contributed by atoms with Crippen molar-refractivity contribution in [3.8, 4) is 22.6 Å². The lowest BCUT2D eigenvalue weighted by molar-refractivity contribution is 0.0189. The average molecular weight is 470 g/mol. The molecule has 7 nitrogen and oxygen atoms in total. The molecule has 3 aromatic rings. The predicted molar refractivity (Wildman–Crippen MR) is 127 cm³/mol. The Morgan fingerprint density at radius 3 is 2.45 bits per heavy atom. The van der Waals surface area contributed by atoms with Gasteiger partial charge in [-0.1, -0.05) is 11.8 Å². The number of piperidine rings is 1. The average Bonchev–Trinajstić information content (AvgIpc) is 3.24. The molecule has 0 unspecified atom stereocenters. The van der Waals surface area contributed by atoms with Crippen LogP contribution < -0.4 is 0 Å². The van der Waals surface area contributed by atoms with Crippen molar-refractivity contribution >= 4 is 17.9 Å². The summed E-state index contributed by atoms with van der Waals surface area (Å²) in [5, 5.41) is 0.671. The summed E-state index contributed by atoms with van der Waals surface area (Å²) in [6.07, 6.45) is 6.76. The molecule has 3 heterocycles. The molecule has 0 bridgehead atoms. The predicted octanol–water partition coefficient (Wildman–Crippen LogP) is 5.44. The SMILES string of the molecule is CSc1nccc(-c2c(-c3ccc(F)cc3)ncn2C2CCN(C(=O)OC(C)(C)C)CC2)n1. The van der Waals surface area contributed by atoms with Crippen LogP contribution in [0.25, 0.3) is 22.6 Å². The van der Waals surface area contributed by atoms with E-state index < -0.39 is 5.60 Å². The topological polar surface area (TPSA) is 73.1 Å². The Morgan fingerprint density at radius 1 is 1.12 bits per heavy atom. The minimum Gasteiger partial charge on any atom is -0.444 e. The molecule has 1 saturated heterocycles. The molecule has 2 aromatic heterocycles. The van der Waals surface area contributed by atoms with Gasteiger partial charge < -0.3 is 14.2 Å². The molecule has 0 radical (unpaired) electrons. The zero-order valence-corrected chi connectivity index (χ0v) is 20.1. The Bertz CT molecular complexity index is 1120. The maximum atomic E-state index is 13.5.